The van der Waals surface area contributed by atoms with Crippen LogP contribution in [0.5, 0.6) is 0 Å². The molecule has 1 aliphatic heterocycles. The number of hydrogen-bond acceptors (Lipinski definition) is 2. The van der Waals surface area contributed by atoms with Gasteiger partial charge in [0.2, 0.25) is 0 Å². The van der Waals surface area contributed by atoms with Crippen LogP contribution in [0.25, 0.3) is 0 Å². The summed E-state index contributed by atoms with van der Waals surface area (Å²) in [7, 11) is 2.06. The Hall–Kier alpha value is -0.0800. The van der Waals surface area contributed by atoms with Crippen molar-refractivity contribution in [2.24, 2.45) is 5.92 Å². The van der Waals surface area contributed by atoms with Gasteiger partial charge < -0.3 is 5.32 Å². The maximum atomic E-state index is 3.26. The molecular formula is C15H30N2. The highest BCUT2D eigenvalue weighted by molar-refractivity contribution is 4.89. The van der Waals surface area contributed by atoms with E-state index in [1.54, 1.807) is 0 Å². The summed E-state index contributed by atoms with van der Waals surface area (Å²) in [4.78, 5) is 2.85. The van der Waals surface area contributed by atoms with Gasteiger partial charge in [-0.2, -0.15) is 0 Å². The van der Waals surface area contributed by atoms with Crippen molar-refractivity contribution in [2.75, 3.05) is 20.1 Å². The molecule has 1 saturated heterocycles. The summed E-state index contributed by atoms with van der Waals surface area (Å²) in [6.07, 6.45) is 11.6. The molecule has 0 aromatic rings. The number of rotatable bonds is 5. The molecule has 0 spiro atoms. The third-order valence-electron chi connectivity index (χ3n) is 4.90. The zero-order valence-corrected chi connectivity index (χ0v) is 11.8. The molecular weight excluding hydrogens is 208 g/mol. The smallest absolute Gasteiger partial charge is 0.0126 e. The molecule has 2 heteroatoms. The summed E-state index contributed by atoms with van der Waals surface area (Å²) in [6.45, 7) is 4.99. The van der Waals surface area contributed by atoms with Gasteiger partial charge in [-0.3, -0.25) is 4.90 Å². The Balaban J connectivity index is 1.84. The first-order valence-corrected chi connectivity index (χ1v) is 7.73. The number of piperidine rings is 1. The molecule has 1 saturated carbocycles. The number of likely N-dealkylation sites (tertiary alicyclic amines) is 1. The molecule has 17 heavy (non-hydrogen) atoms. The molecule has 2 rings (SSSR count). The second-order valence-electron chi connectivity index (χ2n) is 6.09. The summed E-state index contributed by atoms with van der Waals surface area (Å²) in [5.74, 6) is 1.03. The molecule has 2 aliphatic rings. The van der Waals surface area contributed by atoms with E-state index in [0.717, 1.165) is 18.0 Å². The van der Waals surface area contributed by atoms with E-state index >= 15 is 0 Å². The maximum Gasteiger partial charge on any atom is 0.0126 e. The Labute approximate surface area is 107 Å². The van der Waals surface area contributed by atoms with Gasteiger partial charge in [0.15, 0.2) is 0 Å². The maximum absolute atomic E-state index is 3.26. The van der Waals surface area contributed by atoms with Gasteiger partial charge >= 0.3 is 0 Å². The highest BCUT2D eigenvalue weighted by Gasteiger charge is 2.34. The van der Waals surface area contributed by atoms with Gasteiger partial charge in [0.25, 0.3) is 0 Å². The molecule has 2 fully saturated rings. The Bertz CT molecular complexity index is 215. The molecule has 3 atom stereocenters. The fourth-order valence-electron chi connectivity index (χ4n) is 3.95. The van der Waals surface area contributed by atoms with E-state index in [2.05, 4.69) is 24.2 Å². The monoisotopic (exact) mass is 238 g/mol. The second kappa shape index (κ2) is 6.75. The zero-order valence-electron chi connectivity index (χ0n) is 11.8. The Morgan fingerprint density at radius 1 is 1.18 bits per heavy atom. The minimum absolute atomic E-state index is 0.800. The largest absolute Gasteiger partial charge is 0.320 e. The molecule has 0 bridgehead atoms. The SMILES string of the molecule is CNCCCC(C)N1CCCC2CCCCC21. The molecule has 100 valence electrons. The molecule has 3 unspecified atom stereocenters. The predicted molar refractivity (Wildman–Crippen MR) is 74.3 cm³/mol. The standard InChI is InChI=1S/C15H30N2/c1-13(7-5-11-16-2)17-12-6-9-14-8-3-4-10-15(14)17/h13-16H,3-12H2,1-2H3. The normalized spacial score (nSPS) is 32.1. The van der Waals surface area contributed by atoms with E-state index in [0.29, 0.717) is 0 Å². The van der Waals surface area contributed by atoms with Crippen molar-refractivity contribution in [1.82, 2.24) is 10.2 Å². The van der Waals surface area contributed by atoms with Crippen molar-refractivity contribution in [3.05, 3.63) is 0 Å². The van der Waals surface area contributed by atoms with Gasteiger partial charge in [0.05, 0.1) is 0 Å². The van der Waals surface area contributed by atoms with E-state index in [9.17, 15) is 0 Å². The Morgan fingerprint density at radius 2 is 1.94 bits per heavy atom. The molecule has 0 radical (unpaired) electrons. The first-order valence-electron chi connectivity index (χ1n) is 7.73. The van der Waals surface area contributed by atoms with Gasteiger partial charge in [-0.15, -0.1) is 0 Å². The third-order valence-corrected chi connectivity index (χ3v) is 4.90. The number of nitrogens with zero attached hydrogens (tertiary/aromatic N) is 1. The van der Waals surface area contributed by atoms with Crippen LogP contribution in [0.15, 0.2) is 0 Å². The summed E-state index contributed by atoms with van der Waals surface area (Å²) >= 11 is 0. The van der Waals surface area contributed by atoms with Crippen molar-refractivity contribution in [2.45, 2.75) is 70.4 Å². The van der Waals surface area contributed by atoms with E-state index in [1.807, 2.05) is 0 Å². The lowest BCUT2D eigenvalue weighted by atomic mass is 9.77. The van der Waals surface area contributed by atoms with Crippen LogP contribution in [0.4, 0.5) is 0 Å². The lowest BCUT2D eigenvalue weighted by molar-refractivity contribution is 0.0282. The number of nitrogens with one attached hydrogen (secondary N) is 1. The number of hydrogen-bond donors (Lipinski definition) is 1. The van der Waals surface area contributed by atoms with Crippen LogP contribution >= 0.6 is 0 Å². The fraction of sp³-hybridized carbons (Fsp3) is 1.00. The van der Waals surface area contributed by atoms with Crippen LogP contribution in [0.2, 0.25) is 0 Å². The van der Waals surface area contributed by atoms with Crippen LogP contribution in [-0.4, -0.2) is 37.1 Å². The average Bonchev–Trinajstić information content (AvgIpc) is 2.38. The lowest BCUT2D eigenvalue weighted by Crippen LogP contribution is -2.50. The van der Waals surface area contributed by atoms with E-state index in [-0.39, 0.29) is 0 Å². The molecule has 1 N–H and O–H groups in total. The summed E-state index contributed by atoms with van der Waals surface area (Å²) in [5.41, 5.74) is 0. The quantitative estimate of drug-likeness (QED) is 0.741. The Morgan fingerprint density at radius 3 is 2.76 bits per heavy atom. The van der Waals surface area contributed by atoms with Crippen LogP contribution in [0, 0.1) is 5.92 Å². The topological polar surface area (TPSA) is 15.3 Å². The second-order valence-corrected chi connectivity index (χ2v) is 6.09. The predicted octanol–water partition coefficient (Wildman–Crippen LogP) is 3.03. The molecule has 2 nitrogen and oxygen atoms in total. The molecule has 1 aliphatic carbocycles. The zero-order chi connectivity index (χ0) is 12.1. The van der Waals surface area contributed by atoms with Crippen molar-refractivity contribution >= 4 is 0 Å². The van der Waals surface area contributed by atoms with Crippen molar-refractivity contribution in [1.29, 1.82) is 0 Å². The van der Waals surface area contributed by atoms with E-state index in [4.69, 9.17) is 0 Å². The molecule has 1 heterocycles. The summed E-state index contributed by atoms with van der Waals surface area (Å²) < 4.78 is 0. The van der Waals surface area contributed by atoms with Crippen LogP contribution < -0.4 is 5.32 Å². The fourth-order valence-corrected chi connectivity index (χ4v) is 3.95. The first-order chi connectivity index (χ1) is 8.33. The lowest BCUT2D eigenvalue weighted by Gasteiger charge is -2.47. The van der Waals surface area contributed by atoms with Gasteiger partial charge in [0, 0.05) is 12.1 Å². The first kappa shape index (κ1) is 13.4. The number of fused-ring (bicyclic) bond motifs is 1. The van der Waals surface area contributed by atoms with Crippen molar-refractivity contribution < 1.29 is 0 Å². The molecule has 0 amide bonds. The molecule has 0 aromatic carbocycles. The summed E-state index contributed by atoms with van der Waals surface area (Å²) in [5, 5.41) is 3.26. The third kappa shape index (κ3) is 3.45. The minimum atomic E-state index is 0.800. The van der Waals surface area contributed by atoms with E-state index in [1.165, 1.54) is 64.5 Å². The van der Waals surface area contributed by atoms with Gasteiger partial charge in [-0.05, 0) is 71.5 Å². The van der Waals surface area contributed by atoms with E-state index < -0.39 is 0 Å². The van der Waals surface area contributed by atoms with Gasteiger partial charge in [-0.1, -0.05) is 12.8 Å². The van der Waals surface area contributed by atoms with Gasteiger partial charge in [0.1, 0.15) is 0 Å². The van der Waals surface area contributed by atoms with Crippen LogP contribution in [0.1, 0.15) is 58.3 Å². The Kier molecular flexibility index (Phi) is 5.30. The average molecular weight is 238 g/mol. The minimum Gasteiger partial charge on any atom is -0.320 e. The van der Waals surface area contributed by atoms with Crippen LogP contribution in [-0.2, 0) is 0 Å². The van der Waals surface area contributed by atoms with Crippen molar-refractivity contribution in [3.8, 4) is 0 Å². The highest BCUT2D eigenvalue weighted by Crippen LogP contribution is 2.36. The molecule has 0 aromatic heterocycles. The highest BCUT2D eigenvalue weighted by atomic mass is 15.2. The van der Waals surface area contributed by atoms with Crippen molar-refractivity contribution in [3.63, 3.8) is 0 Å². The van der Waals surface area contributed by atoms with Gasteiger partial charge in [-0.25, -0.2) is 0 Å². The summed E-state index contributed by atoms with van der Waals surface area (Å²) in [6, 6.07) is 1.73. The van der Waals surface area contributed by atoms with Crippen LogP contribution in [0.3, 0.4) is 0 Å².